The first-order valence-corrected chi connectivity index (χ1v) is 6.28. The smallest absolute Gasteiger partial charge is 0.407 e. The molecule has 2 aromatic carbocycles. The van der Waals surface area contributed by atoms with Crippen LogP contribution in [0, 0.1) is 0 Å². The molecule has 0 saturated carbocycles. The molecular formula is C16H17NO2. The summed E-state index contributed by atoms with van der Waals surface area (Å²) in [6.45, 7) is 2.22. The average Bonchev–Trinajstić information content (AvgIpc) is 2.47. The Morgan fingerprint density at radius 1 is 1.05 bits per heavy atom. The summed E-state index contributed by atoms with van der Waals surface area (Å²) >= 11 is 0. The van der Waals surface area contributed by atoms with Gasteiger partial charge >= 0.3 is 6.09 Å². The zero-order valence-corrected chi connectivity index (χ0v) is 10.9. The number of hydrogen-bond donors (Lipinski definition) is 1. The molecule has 3 heteroatoms. The molecule has 0 aromatic heterocycles. The molecule has 0 aliphatic carbocycles. The molecule has 0 fully saturated rings. The second-order valence-electron chi connectivity index (χ2n) is 4.34. The van der Waals surface area contributed by atoms with Crippen molar-refractivity contribution >= 4 is 6.09 Å². The molecule has 2 aromatic rings. The maximum Gasteiger partial charge on any atom is 0.407 e. The summed E-state index contributed by atoms with van der Waals surface area (Å²) < 4.78 is 5.17. The summed E-state index contributed by atoms with van der Waals surface area (Å²) in [6, 6.07) is 19.3. The van der Waals surface area contributed by atoms with Gasteiger partial charge in [-0.3, -0.25) is 0 Å². The minimum Gasteiger partial charge on any atom is -0.445 e. The average molecular weight is 255 g/mol. The predicted molar refractivity (Wildman–Crippen MR) is 74.6 cm³/mol. The minimum atomic E-state index is -0.403. The topological polar surface area (TPSA) is 38.3 Å². The molecule has 1 atom stereocenters. The number of nitrogens with one attached hydrogen (secondary N) is 1. The van der Waals surface area contributed by atoms with Crippen LogP contribution in [0.5, 0.6) is 0 Å². The van der Waals surface area contributed by atoms with Crippen molar-refractivity contribution in [2.75, 3.05) is 0 Å². The molecule has 0 aliphatic rings. The molecule has 19 heavy (non-hydrogen) atoms. The highest BCUT2D eigenvalue weighted by Gasteiger charge is 2.09. The fourth-order valence-electron chi connectivity index (χ4n) is 1.77. The van der Waals surface area contributed by atoms with E-state index in [1.165, 1.54) is 0 Å². The highest BCUT2D eigenvalue weighted by Crippen LogP contribution is 2.11. The van der Waals surface area contributed by atoms with Crippen molar-refractivity contribution in [3.8, 4) is 0 Å². The third kappa shape index (κ3) is 4.14. The molecule has 2 rings (SSSR count). The summed E-state index contributed by atoms with van der Waals surface area (Å²) in [5, 5.41) is 2.81. The molecule has 0 aliphatic heterocycles. The monoisotopic (exact) mass is 255 g/mol. The highest BCUT2D eigenvalue weighted by molar-refractivity contribution is 5.67. The van der Waals surface area contributed by atoms with Gasteiger partial charge in [0.05, 0.1) is 6.04 Å². The largest absolute Gasteiger partial charge is 0.445 e. The third-order valence-corrected chi connectivity index (χ3v) is 2.85. The lowest BCUT2D eigenvalue weighted by Gasteiger charge is -2.14. The first-order chi connectivity index (χ1) is 9.25. The zero-order chi connectivity index (χ0) is 13.5. The Labute approximate surface area is 113 Å². The Hall–Kier alpha value is -2.29. The maximum atomic E-state index is 11.7. The van der Waals surface area contributed by atoms with Crippen LogP contribution in [-0.4, -0.2) is 6.09 Å². The van der Waals surface area contributed by atoms with Gasteiger partial charge in [-0.2, -0.15) is 0 Å². The van der Waals surface area contributed by atoms with Crippen molar-refractivity contribution < 1.29 is 9.53 Å². The van der Waals surface area contributed by atoms with Gasteiger partial charge in [0.25, 0.3) is 0 Å². The van der Waals surface area contributed by atoms with Gasteiger partial charge in [0.2, 0.25) is 0 Å². The SMILES string of the molecule is C[C@H](NC(=O)OCc1ccccc1)c1ccccc1. The van der Waals surface area contributed by atoms with Gasteiger partial charge < -0.3 is 10.1 Å². The van der Waals surface area contributed by atoms with Crippen molar-refractivity contribution in [1.82, 2.24) is 5.32 Å². The van der Waals surface area contributed by atoms with Crippen LogP contribution in [0.4, 0.5) is 4.79 Å². The fourth-order valence-corrected chi connectivity index (χ4v) is 1.77. The van der Waals surface area contributed by atoms with Crippen molar-refractivity contribution in [2.24, 2.45) is 0 Å². The first kappa shape index (κ1) is 13.1. The molecule has 0 radical (unpaired) electrons. The van der Waals surface area contributed by atoms with Crippen molar-refractivity contribution in [1.29, 1.82) is 0 Å². The van der Waals surface area contributed by atoms with Gasteiger partial charge in [0, 0.05) is 0 Å². The van der Waals surface area contributed by atoms with E-state index >= 15 is 0 Å². The Balaban J connectivity index is 1.82. The molecule has 0 saturated heterocycles. The van der Waals surface area contributed by atoms with Gasteiger partial charge in [-0.15, -0.1) is 0 Å². The molecule has 0 bridgehead atoms. The number of hydrogen-bond acceptors (Lipinski definition) is 2. The van der Waals surface area contributed by atoms with Gasteiger partial charge in [0.1, 0.15) is 6.61 Å². The number of ether oxygens (including phenoxy) is 1. The molecule has 1 N–H and O–H groups in total. The number of rotatable bonds is 4. The van der Waals surface area contributed by atoms with Gasteiger partial charge in [-0.25, -0.2) is 4.79 Å². The lowest BCUT2D eigenvalue weighted by Crippen LogP contribution is -2.27. The Bertz CT molecular complexity index is 511. The maximum absolute atomic E-state index is 11.7. The van der Waals surface area contributed by atoms with Gasteiger partial charge in [0.15, 0.2) is 0 Å². The number of amides is 1. The van der Waals surface area contributed by atoms with Crippen LogP contribution in [0.2, 0.25) is 0 Å². The summed E-state index contributed by atoms with van der Waals surface area (Å²) in [4.78, 5) is 11.7. The Kier molecular flexibility index (Phi) is 4.56. The van der Waals surface area contributed by atoms with E-state index in [0.29, 0.717) is 0 Å². The van der Waals surface area contributed by atoms with E-state index in [0.717, 1.165) is 11.1 Å². The van der Waals surface area contributed by atoms with Gasteiger partial charge in [-0.05, 0) is 18.1 Å². The normalized spacial score (nSPS) is 11.6. The van der Waals surface area contributed by atoms with E-state index in [1.54, 1.807) is 0 Å². The molecule has 0 spiro atoms. The standard InChI is InChI=1S/C16H17NO2/c1-13(15-10-6-3-7-11-15)17-16(18)19-12-14-8-4-2-5-9-14/h2-11,13H,12H2,1H3,(H,17,18)/t13-/m0/s1. The van der Waals surface area contributed by atoms with Crippen molar-refractivity contribution in [2.45, 2.75) is 19.6 Å². The van der Waals surface area contributed by atoms with Crippen LogP contribution in [0.15, 0.2) is 60.7 Å². The van der Waals surface area contributed by atoms with E-state index in [4.69, 9.17) is 4.74 Å². The van der Waals surface area contributed by atoms with Crippen LogP contribution < -0.4 is 5.32 Å². The minimum absolute atomic E-state index is 0.0653. The van der Waals surface area contributed by atoms with Crippen molar-refractivity contribution in [3.63, 3.8) is 0 Å². The van der Waals surface area contributed by atoms with Crippen LogP contribution in [0.3, 0.4) is 0 Å². The van der Waals surface area contributed by atoms with E-state index < -0.39 is 6.09 Å². The molecule has 0 unspecified atom stereocenters. The van der Waals surface area contributed by atoms with Crippen LogP contribution >= 0.6 is 0 Å². The van der Waals surface area contributed by atoms with Crippen molar-refractivity contribution in [3.05, 3.63) is 71.8 Å². The predicted octanol–water partition coefficient (Wildman–Crippen LogP) is 3.67. The van der Waals surface area contributed by atoms with Crippen LogP contribution in [-0.2, 0) is 11.3 Å². The molecule has 98 valence electrons. The van der Waals surface area contributed by atoms with Gasteiger partial charge in [-0.1, -0.05) is 60.7 Å². The number of carbonyl (C=O) groups excluding carboxylic acids is 1. The van der Waals surface area contributed by atoms with E-state index in [9.17, 15) is 4.79 Å². The molecule has 1 amide bonds. The number of carbonyl (C=O) groups is 1. The van der Waals surface area contributed by atoms with Crippen LogP contribution in [0.25, 0.3) is 0 Å². The second-order valence-corrected chi connectivity index (χ2v) is 4.34. The van der Waals surface area contributed by atoms with E-state index in [-0.39, 0.29) is 12.6 Å². The summed E-state index contributed by atoms with van der Waals surface area (Å²) in [7, 11) is 0. The zero-order valence-electron chi connectivity index (χ0n) is 10.9. The third-order valence-electron chi connectivity index (χ3n) is 2.85. The molecule has 0 heterocycles. The van der Waals surface area contributed by atoms with E-state index in [2.05, 4.69) is 5.32 Å². The summed E-state index contributed by atoms with van der Waals surface area (Å²) in [6.07, 6.45) is -0.403. The van der Waals surface area contributed by atoms with E-state index in [1.807, 2.05) is 67.6 Å². The number of alkyl carbamates (subject to hydrolysis) is 1. The Morgan fingerprint density at radius 3 is 2.26 bits per heavy atom. The lowest BCUT2D eigenvalue weighted by atomic mass is 10.1. The fraction of sp³-hybridized carbons (Fsp3) is 0.188. The Morgan fingerprint density at radius 2 is 1.63 bits per heavy atom. The quantitative estimate of drug-likeness (QED) is 0.905. The number of benzene rings is 2. The summed E-state index contributed by atoms with van der Waals surface area (Å²) in [5.74, 6) is 0. The first-order valence-electron chi connectivity index (χ1n) is 6.28. The lowest BCUT2D eigenvalue weighted by molar-refractivity contribution is 0.136. The second kappa shape index (κ2) is 6.59. The highest BCUT2D eigenvalue weighted by atomic mass is 16.5. The molecule has 3 nitrogen and oxygen atoms in total. The molecular weight excluding hydrogens is 238 g/mol. The summed E-state index contributed by atoms with van der Waals surface area (Å²) in [5.41, 5.74) is 2.03. The van der Waals surface area contributed by atoms with Crippen LogP contribution in [0.1, 0.15) is 24.1 Å².